The summed E-state index contributed by atoms with van der Waals surface area (Å²) in [6.45, 7) is 3.60. The highest BCUT2D eigenvalue weighted by molar-refractivity contribution is 6.16. The third-order valence-corrected chi connectivity index (χ3v) is 6.81. The number of amides is 1. The number of rotatable bonds is 12. The van der Waals surface area contributed by atoms with Crippen molar-refractivity contribution in [3.63, 3.8) is 0 Å². The third-order valence-electron chi connectivity index (χ3n) is 6.81. The van der Waals surface area contributed by atoms with Crippen LogP contribution >= 0.6 is 0 Å². The lowest BCUT2D eigenvalue weighted by molar-refractivity contribution is -0.129. The minimum absolute atomic E-state index is 0.0180. The van der Waals surface area contributed by atoms with Crippen molar-refractivity contribution in [2.75, 3.05) is 20.3 Å². The number of methoxy groups -OCH3 is 1. The van der Waals surface area contributed by atoms with Gasteiger partial charge in [0.25, 0.3) is 5.91 Å². The molecule has 1 aliphatic rings. The maximum atomic E-state index is 13.9. The summed E-state index contributed by atoms with van der Waals surface area (Å²) in [7, 11) is 1.52. The van der Waals surface area contributed by atoms with E-state index in [1.54, 1.807) is 30.7 Å². The monoisotopic (exact) mass is 529 g/mol. The first-order valence-electron chi connectivity index (χ1n) is 13.1. The molecule has 1 atom stereocenters. The number of hydrogen-bond donors (Lipinski definition) is 1. The van der Waals surface area contributed by atoms with E-state index in [4.69, 9.17) is 13.9 Å². The normalized spacial score (nSPS) is 15.4. The van der Waals surface area contributed by atoms with Gasteiger partial charge >= 0.3 is 0 Å². The number of aromatic nitrogens is 2. The van der Waals surface area contributed by atoms with Gasteiger partial charge < -0.3 is 28.5 Å². The SMILES string of the molecule is CCCCOc1cccc(C2C(C(=O)c3cc4cccc(OC)c4o3)=C(O)C(=O)N2CCCn2ccnc2)c1. The molecule has 9 heteroatoms. The lowest BCUT2D eigenvalue weighted by Gasteiger charge is -2.27. The summed E-state index contributed by atoms with van der Waals surface area (Å²) in [5.74, 6) is -0.583. The summed E-state index contributed by atoms with van der Waals surface area (Å²) >= 11 is 0. The van der Waals surface area contributed by atoms with Crippen LogP contribution in [0.15, 0.2) is 83.0 Å². The number of benzene rings is 2. The molecule has 0 fully saturated rings. The van der Waals surface area contributed by atoms with Crippen LogP contribution in [0, 0.1) is 0 Å². The quantitative estimate of drug-likeness (QED) is 0.191. The number of imidazole rings is 1. The molecule has 4 aromatic rings. The number of aliphatic hydroxyl groups excluding tert-OH is 1. The van der Waals surface area contributed by atoms with E-state index >= 15 is 0 Å². The second-order valence-corrected chi connectivity index (χ2v) is 9.41. The Bertz CT molecular complexity index is 1500. The van der Waals surface area contributed by atoms with Gasteiger partial charge in [0.15, 0.2) is 22.9 Å². The maximum Gasteiger partial charge on any atom is 0.290 e. The molecule has 0 spiro atoms. The number of ketones is 1. The Balaban J connectivity index is 1.50. The standard InChI is InChI=1S/C30H31N3O6/c1-3-4-16-38-22-10-5-8-20(17-22)26-25(27(34)24-18-21-9-6-11-23(37-2)29(21)39-24)28(35)30(36)33(26)14-7-13-32-15-12-31-19-32/h5-6,8-12,15,17-19,26,35H,3-4,7,13-14,16H2,1-2H3. The van der Waals surface area contributed by atoms with Gasteiger partial charge in [0.1, 0.15) is 5.75 Å². The molecule has 1 aliphatic heterocycles. The lowest BCUT2D eigenvalue weighted by atomic mass is 9.94. The lowest BCUT2D eigenvalue weighted by Crippen LogP contribution is -2.32. The fourth-order valence-corrected chi connectivity index (χ4v) is 4.86. The van der Waals surface area contributed by atoms with Gasteiger partial charge in [0.05, 0.1) is 31.7 Å². The van der Waals surface area contributed by atoms with Gasteiger partial charge in [-0.15, -0.1) is 0 Å². The van der Waals surface area contributed by atoms with Crippen molar-refractivity contribution in [2.45, 2.75) is 38.8 Å². The van der Waals surface area contributed by atoms with E-state index in [9.17, 15) is 14.7 Å². The molecule has 1 N–H and O–H groups in total. The Kier molecular flexibility index (Phi) is 7.67. The first-order valence-corrected chi connectivity index (χ1v) is 13.1. The van der Waals surface area contributed by atoms with E-state index in [0.29, 0.717) is 54.1 Å². The van der Waals surface area contributed by atoms with Gasteiger partial charge in [0, 0.05) is 30.9 Å². The van der Waals surface area contributed by atoms with Crippen LogP contribution < -0.4 is 9.47 Å². The first-order chi connectivity index (χ1) is 19.0. The van der Waals surface area contributed by atoms with E-state index in [2.05, 4.69) is 11.9 Å². The fourth-order valence-electron chi connectivity index (χ4n) is 4.86. The van der Waals surface area contributed by atoms with Crippen LogP contribution in [0.3, 0.4) is 0 Å². The Morgan fingerprint density at radius 2 is 1.97 bits per heavy atom. The molecule has 1 amide bonds. The van der Waals surface area contributed by atoms with Gasteiger partial charge in [-0.25, -0.2) is 4.98 Å². The molecule has 5 rings (SSSR count). The third kappa shape index (κ3) is 5.25. The maximum absolute atomic E-state index is 13.9. The molecular formula is C30H31N3O6. The molecule has 0 bridgehead atoms. The number of aliphatic hydroxyl groups is 1. The van der Waals surface area contributed by atoms with Gasteiger partial charge in [-0.1, -0.05) is 37.6 Å². The zero-order valence-corrected chi connectivity index (χ0v) is 22.0. The molecule has 2 aromatic heterocycles. The number of carbonyl (C=O) groups excluding carboxylic acids is 2. The molecule has 9 nitrogen and oxygen atoms in total. The largest absolute Gasteiger partial charge is 0.503 e. The number of aryl methyl sites for hydroxylation is 1. The average molecular weight is 530 g/mol. The molecule has 3 heterocycles. The zero-order valence-electron chi connectivity index (χ0n) is 22.0. The first kappa shape index (κ1) is 26.1. The highest BCUT2D eigenvalue weighted by Crippen LogP contribution is 2.41. The van der Waals surface area contributed by atoms with Crippen LogP contribution in [0.25, 0.3) is 11.0 Å². The molecule has 2 aromatic carbocycles. The second kappa shape index (κ2) is 11.5. The molecule has 0 saturated carbocycles. The van der Waals surface area contributed by atoms with Crippen LogP contribution in [0.4, 0.5) is 0 Å². The highest BCUT2D eigenvalue weighted by Gasteiger charge is 2.44. The van der Waals surface area contributed by atoms with Crippen LogP contribution in [0.2, 0.25) is 0 Å². The summed E-state index contributed by atoms with van der Waals surface area (Å²) in [5.41, 5.74) is 1.07. The van der Waals surface area contributed by atoms with E-state index in [0.717, 1.165) is 12.8 Å². The molecule has 0 saturated heterocycles. The van der Waals surface area contributed by atoms with Gasteiger partial charge in [0.2, 0.25) is 5.78 Å². The summed E-state index contributed by atoms with van der Waals surface area (Å²) in [6, 6.07) is 13.5. The summed E-state index contributed by atoms with van der Waals surface area (Å²) in [4.78, 5) is 32.8. The number of hydrogen-bond acceptors (Lipinski definition) is 7. The Hall–Kier alpha value is -4.53. The second-order valence-electron chi connectivity index (χ2n) is 9.41. The topological polar surface area (TPSA) is 107 Å². The smallest absolute Gasteiger partial charge is 0.290 e. The summed E-state index contributed by atoms with van der Waals surface area (Å²) < 4.78 is 19.1. The van der Waals surface area contributed by atoms with Crippen molar-refractivity contribution in [1.82, 2.24) is 14.5 Å². The Morgan fingerprint density at radius 1 is 1.13 bits per heavy atom. The molecule has 0 radical (unpaired) electrons. The number of nitrogens with zero attached hydrogens (tertiary/aromatic N) is 3. The zero-order chi connectivity index (χ0) is 27.4. The van der Waals surface area contributed by atoms with Crippen molar-refractivity contribution in [3.05, 3.63) is 89.9 Å². The minimum Gasteiger partial charge on any atom is -0.503 e. The number of carbonyl (C=O) groups is 2. The predicted octanol–water partition coefficient (Wildman–Crippen LogP) is 5.49. The van der Waals surface area contributed by atoms with E-state index in [1.165, 1.54) is 12.0 Å². The van der Waals surface area contributed by atoms with Crippen LogP contribution in [0.5, 0.6) is 11.5 Å². The number of fused-ring (bicyclic) bond motifs is 1. The molecule has 202 valence electrons. The number of Topliss-reactive ketones (excluding diaryl/α,β-unsaturated/α-hetero) is 1. The van der Waals surface area contributed by atoms with Crippen molar-refractivity contribution in [1.29, 1.82) is 0 Å². The van der Waals surface area contributed by atoms with E-state index in [-0.39, 0.29) is 11.3 Å². The van der Waals surface area contributed by atoms with Gasteiger partial charge in [-0.3, -0.25) is 9.59 Å². The van der Waals surface area contributed by atoms with Crippen molar-refractivity contribution < 1.29 is 28.6 Å². The van der Waals surface area contributed by atoms with Crippen LogP contribution in [-0.4, -0.2) is 51.5 Å². The minimum atomic E-state index is -0.808. The van der Waals surface area contributed by atoms with Crippen molar-refractivity contribution >= 4 is 22.7 Å². The fraction of sp³-hybridized carbons (Fsp3) is 0.300. The summed E-state index contributed by atoms with van der Waals surface area (Å²) in [5, 5.41) is 11.7. The number of unbranched alkanes of at least 4 members (excludes halogenated alkanes) is 1. The summed E-state index contributed by atoms with van der Waals surface area (Å²) in [6.07, 6.45) is 7.76. The molecular weight excluding hydrogens is 498 g/mol. The van der Waals surface area contributed by atoms with E-state index < -0.39 is 23.5 Å². The van der Waals surface area contributed by atoms with Crippen LogP contribution in [-0.2, 0) is 11.3 Å². The predicted molar refractivity (Wildman–Crippen MR) is 145 cm³/mol. The Labute approximate surface area is 226 Å². The Morgan fingerprint density at radius 3 is 2.74 bits per heavy atom. The van der Waals surface area contributed by atoms with Gasteiger partial charge in [-0.05, 0) is 42.7 Å². The van der Waals surface area contributed by atoms with Crippen molar-refractivity contribution in [3.8, 4) is 11.5 Å². The van der Waals surface area contributed by atoms with E-state index in [1.807, 2.05) is 41.1 Å². The highest BCUT2D eigenvalue weighted by atomic mass is 16.5. The number of para-hydroxylation sites is 1. The molecule has 39 heavy (non-hydrogen) atoms. The molecule has 1 unspecified atom stereocenters. The van der Waals surface area contributed by atoms with Crippen LogP contribution in [0.1, 0.15) is 48.3 Å². The molecule has 0 aliphatic carbocycles. The number of furan rings is 1. The van der Waals surface area contributed by atoms with Gasteiger partial charge in [-0.2, -0.15) is 0 Å². The van der Waals surface area contributed by atoms with Crippen molar-refractivity contribution in [2.24, 2.45) is 0 Å². The number of ether oxygens (including phenoxy) is 2. The average Bonchev–Trinajstić information content (AvgIpc) is 3.68.